The van der Waals surface area contributed by atoms with Gasteiger partial charge in [0.15, 0.2) is 0 Å². The fourth-order valence-electron chi connectivity index (χ4n) is 3.20. The van der Waals surface area contributed by atoms with Gasteiger partial charge in [-0.3, -0.25) is 4.57 Å². The third kappa shape index (κ3) is 5.11. The van der Waals surface area contributed by atoms with Crippen molar-refractivity contribution in [2.75, 3.05) is 5.32 Å². The second-order valence-electron chi connectivity index (χ2n) is 6.79. The van der Waals surface area contributed by atoms with Crippen LogP contribution in [0.5, 0.6) is 11.6 Å². The smallest absolute Gasteiger partial charge is 0.493 e. The number of ether oxygens (including phenoxy) is 1. The minimum absolute atomic E-state index is 0.0904. The van der Waals surface area contributed by atoms with Crippen LogP contribution in [-0.2, 0) is 0 Å². The molecule has 164 valence electrons. The van der Waals surface area contributed by atoms with Gasteiger partial charge >= 0.3 is 6.36 Å². The average molecular weight is 568 g/mol. The fraction of sp³-hybridized carbons (Fsp3) is 0.0435. The van der Waals surface area contributed by atoms with E-state index in [9.17, 15) is 18.3 Å². The van der Waals surface area contributed by atoms with Crippen molar-refractivity contribution in [3.05, 3.63) is 87.8 Å². The van der Waals surface area contributed by atoms with Crippen LogP contribution in [0.3, 0.4) is 0 Å². The Kier molecular flexibility index (Phi) is 6.21. The number of nitrogens with one attached hydrogen (secondary N) is 1. The van der Waals surface area contributed by atoms with E-state index in [2.05, 4.69) is 41.9 Å². The lowest BCUT2D eigenvalue weighted by Gasteiger charge is -2.13. The summed E-state index contributed by atoms with van der Waals surface area (Å²) in [6, 6.07) is 21.8. The monoisotopic (exact) mass is 566 g/mol. The van der Waals surface area contributed by atoms with E-state index in [1.807, 2.05) is 36.4 Å². The summed E-state index contributed by atoms with van der Waals surface area (Å²) in [5.41, 5.74) is 2.68. The van der Waals surface area contributed by atoms with Crippen LogP contribution in [-0.4, -0.2) is 16.0 Å². The summed E-state index contributed by atoms with van der Waals surface area (Å²) in [4.78, 5) is 0. The Balaban J connectivity index is 1.82. The Hall–Kier alpha value is -2.91. The molecule has 1 heterocycles. The molecule has 3 aromatic carbocycles. The molecule has 9 heteroatoms. The van der Waals surface area contributed by atoms with Gasteiger partial charge in [-0.15, -0.1) is 13.2 Å². The van der Waals surface area contributed by atoms with Gasteiger partial charge in [-0.25, -0.2) is 0 Å². The molecule has 0 fully saturated rings. The van der Waals surface area contributed by atoms with Crippen molar-refractivity contribution in [3.63, 3.8) is 0 Å². The first-order chi connectivity index (χ1) is 15.2. The summed E-state index contributed by atoms with van der Waals surface area (Å²) in [5.74, 6) is -0.437. The summed E-state index contributed by atoms with van der Waals surface area (Å²) < 4.78 is 45.5. The van der Waals surface area contributed by atoms with Crippen LogP contribution < -0.4 is 10.1 Å². The van der Waals surface area contributed by atoms with E-state index in [4.69, 9.17) is 0 Å². The van der Waals surface area contributed by atoms with Crippen molar-refractivity contribution in [3.8, 4) is 28.6 Å². The molecule has 0 unspecified atom stereocenters. The Morgan fingerprint density at radius 2 is 1.47 bits per heavy atom. The third-order valence-electron chi connectivity index (χ3n) is 4.55. The summed E-state index contributed by atoms with van der Waals surface area (Å²) in [7, 11) is 0. The van der Waals surface area contributed by atoms with E-state index < -0.39 is 6.36 Å². The minimum atomic E-state index is -4.80. The molecule has 4 aromatic rings. The first-order valence-electron chi connectivity index (χ1n) is 9.29. The van der Waals surface area contributed by atoms with Crippen LogP contribution in [0.2, 0.25) is 0 Å². The Morgan fingerprint density at radius 3 is 2.09 bits per heavy atom. The van der Waals surface area contributed by atoms with Crippen molar-refractivity contribution < 1.29 is 23.0 Å². The Labute approximate surface area is 198 Å². The maximum absolute atomic E-state index is 12.7. The largest absolute Gasteiger partial charge is 0.573 e. The van der Waals surface area contributed by atoms with Crippen molar-refractivity contribution in [2.45, 2.75) is 6.36 Å². The maximum Gasteiger partial charge on any atom is 0.573 e. The molecule has 0 radical (unpaired) electrons. The zero-order valence-electron chi connectivity index (χ0n) is 16.2. The zero-order chi connectivity index (χ0) is 22.9. The first-order valence-corrected chi connectivity index (χ1v) is 10.9. The molecule has 0 saturated carbocycles. The van der Waals surface area contributed by atoms with Crippen molar-refractivity contribution in [1.29, 1.82) is 0 Å². The quantitative estimate of drug-likeness (QED) is 0.257. The molecule has 0 aliphatic rings. The van der Waals surface area contributed by atoms with E-state index in [1.165, 1.54) is 18.2 Å². The van der Waals surface area contributed by atoms with E-state index in [-0.39, 0.29) is 11.6 Å². The van der Waals surface area contributed by atoms with Gasteiger partial charge in [0.25, 0.3) is 0 Å². The molecular formula is C23H15Br2F3N2O2. The molecular weight excluding hydrogens is 553 g/mol. The number of anilines is 2. The lowest BCUT2D eigenvalue weighted by Crippen LogP contribution is -2.17. The SMILES string of the molecule is Oc1c(Nc2ccc(Br)cc2)cc(-c2cccc(OC(F)(F)F)c2)n1-c1ccc(Br)cc1. The highest BCUT2D eigenvalue weighted by Gasteiger charge is 2.31. The molecule has 32 heavy (non-hydrogen) atoms. The Morgan fingerprint density at radius 1 is 0.844 bits per heavy atom. The lowest BCUT2D eigenvalue weighted by atomic mass is 10.1. The highest BCUT2D eigenvalue weighted by Crippen LogP contribution is 2.40. The lowest BCUT2D eigenvalue weighted by molar-refractivity contribution is -0.274. The van der Waals surface area contributed by atoms with Gasteiger partial charge in [-0.2, -0.15) is 0 Å². The van der Waals surface area contributed by atoms with Gasteiger partial charge in [0.1, 0.15) is 11.4 Å². The van der Waals surface area contributed by atoms with Crippen LogP contribution in [0.25, 0.3) is 16.9 Å². The molecule has 0 amide bonds. The molecule has 0 aliphatic heterocycles. The number of benzene rings is 3. The van der Waals surface area contributed by atoms with Gasteiger partial charge in [-0.05, 0) is 66.7 Å². The molecule has 0 aliphatic carbocycles. The van der Waals surface area contributed by atoms with E-state index >= 15 is 0 Å². The van der Waals surface area contributed by atoms with Crippen LogP contribution in [0.1, 0.15) is 0 Å². The molecule has 0 atom stereocenters. The average Bonchev–Trinajstić information content (AvgIpc) is 3.05. The highest BCUT2D eigenvalue weighted by molar-refractivity contribution is 9.10. The molecule has 1 aromatic heterocycles. The Bertz CT molecular complexity index is 1240. The zero-order valence-corrected chi connectivity index (χ0v) is 19.4. The van der Waals surface area contributed by atoms with Gasteiger partial charge < -0.3 is 15.2 Å². The molecule has 0 spiro atoms. The molecule has 4 nitrogen and oxygen atoms in total. The number of halogens is 5. The summed E-state index contributed by atoms with van der Waals surface area (Å²) in [6.45, 7) is 0. The highest BCUT2D eigenvalue weighted by atomic mass is 79.9. The summed E-state index contributed by atoms with van der Waals surface area (Å²) >= 11 is 6.76. The second-order valence-corrected chi connectivity index (χ2v) is 8.62. The van der Waals surface area contributed by atoms with Gasteiger partial charge in [0.2, 0.25) is 5.88 Å². The number of alkyl halides is 3. The van der Waals surface area contributed by atoms with E-state index in [1.54, 1.807) is 28.8 Å². The standard InChI is InChI=1S/C23H15Br2F3N2O2/c24-15-4-8-17(9-5-15)29-20-13-21(14-2-1-3-19(12-14)32-23(26,27)28)30(22(20)31)18-10-6-16(25)7-11-18/h1-13,29,31H. The van der Waals surface area contributed by atoms with Crippen LogP contribution >= 0.6 is 31.9 Å². The number of aromatic nitrogens is 1. The predicted octanol–water partition coefficient (Wildman–Crippen LogP) is 8.02. The number of hydrogen-bond acceptors (Lipinski definition) is 3. The number of rotatable bonds is 5. The normalized spacial score (nSPS) is 11.4. The summed E-state index contributed by atoms with van der Waals surface area (Å²) in [5, 5.41) is 14.2. The second kappa shape index (κ2) is 8.91. The topological polar surface area (TPSA) is 46.4 Å². The van der Waals surface area contributed by atoms with Crippen molar-refractivity contribution in [2.24, 2.45) is 0 Å². The van der Waals surface area contributed by atoms with Gasteiger partial charge in [0.05, 0.1) is 5.69 Å². The van der Waals surface area contributed by atoms with Crippen LogP contribution in [0.4, 0.5) is 24.5 Å². The minimum Gasteiger partial charge on any atom is -0.493 e. The molecule has 0 saturated heterocycles. The van der Waals surface area contributed by atoms with Gasteiger partial charge in [-0.1, -0.05) is 44.0 Å². The number of hydrogen-bond donors (Lipinski definition) is 2. The first kappa shape index (κ1) is 22.3. The number of nitrogens with zero attached hydrogens (tertiary/aromatic N) is 1. The molecule has 2 N–H and O–H groups in total. The predicted molar refractivity (Wildman–Crippen MR) is 125 cm³/mol. The molecule has 4 rings (SSSR count). The number of aromatic hydroxyl groups is 1. The van der Waals surface area contributed by atoms with E-state index in [0.29, 0.717) is 22.6 Å². The van der Waals surface area contributed by atoms with E-state index in [0.717, 1.165) is 14.6 Å². The fourth-order valence-corrected chi connectivity index (χ4v) is 3.73. The summed E-state index contributed by atoms with van der Waals surface area (Å²) in [6.07, 6.45) is -4.80. The maximum atomic E-state index is 12.7. The van der Waals surface area contributed by atoms with Crippen molar-refractivity contribution >= 4 is 43.2 Å². The van der Waals surface area contributed by atoms with Gasteiger partial charge in [0, 0.05) is 25.9 Å². The molecule has 0 bridgehead atoms. The van der Waals surface area contributed by atoms with Crippen LogP contribution in [0, 0.1) is 0 Å². The van der Waals surface area contributed by atoms with Crippen LogP contribution in [0.15, 0.2) is 87.8 Å². The van der Waals surface area contributed by atoms with Crippen molar-refractivity contribution in [1.82, 2.24) is 4.57 Å². The third-order valence-corrected chi connectivity index (χ3v) is 5.60.